The highest BCUT2D eigenvalue weighted by Crippen LogP contribution is 2.27. The number of amides is 2. The van der Waals surface area contributed by atoms with Crippen molar-refractivity contribution in [1.29, 1.82) is 5.26 Å². The molecule has 0 aliphatic heterocycles. The molecule has 2 amide bonds. The summed E-state index contributed by atoms with van der Waals surface area (Å²) in [6, 6.07) is 12.0. The molecule has 0 radical (unpaired) electrons. The van der Waals surface area contributed by atoms with E-state index in [1.807, 2.05) is 24.3 Å². The summed E-state index contributed by atoms with van der Waals surface area (Å²) in [4.78, 5) is 27.5. The van der Waals surface area contributed by atoms with E-state index in [9.17, 15) is 9.59 Å². The quantitative estimate of drug-likeness (QED) is 0.377. The lowest BCUT2D eigenvalue weighted by molar-refractivity contribution is -0.122. The number of hydrogen-bond acceptors (Lipinski definition) is 7. The number of nitrogens with one attached hydrogen (secondary N) is 3. The Morgan fingerprint density at radius 2 is 2.19 bits per heavy atom. The summed E-state index contributed by atoms with van der Waals surface area (Å²) in [6.07, 6.45) is 6.33. The summed E-state index contributed by atoms with van der Waals surface area (Å²) in [5.74, 6) is 0.277. The molecule has 1 aromatic carbocycles. The van der Waals surface area contributed by atoms with E-state index < -0.39 is 5.91 Å². The Labute approximate surface area is 178 Å². The Balaban J connectivity index is 1.76. The van der Waals surface area contributed by atoms with Crippen molar-refractivity contribution >= 4 is 29.9 Å². The molecule has 0 bridgehead atoms. The van der Waals surface area contributed by atoms with Gasteiger partial charge in [0.25, 0.3) is 5.91 Å². The Morgan fingerprint density at radius 1 is 1.35 bits per heavy atom. The zero-order valence-corrected chi connectivity index (χ0v) is 16.9. The number of hydrogen-bond donors (Lipinski definition) is 3. The maximum absolute atomic E-state index is 12.1. The molecule has 9 nitrogen and oxygen atoms in total. The normalized spacial score (nSPS) is 13.5. The van der Waals surface area contributed by atoms with Gasteiger partial charge in [0.15, 0.2) is 5.65 Å². The molecule has 156 valence electrons. The molecule has 1 aliphatic carbocycles. The molecule has 0 atom stereocenters. The first-order valence-corrected chi connectivity index (χ1v) is 9.88. The molecule has 3 aromatic rings. The van der Waals surface area contributed by atoms with Crippen molar-refractivity contribution in [2.75, 3.05) is 12.4 Å². The van der Waals surface area contributed by atoms with Crippen LogP contribution in [0.5, 0.6) is 0 Å². The molecule has 2 aromatic heterocycles. The van der Waals surface area contributed by atoms with Gasteiger partial charge in [-0.25, -0.2) is 4.98 Å². The number of benzene rings is 1. The molecular weight excluding hydrogens is 394 g/mol. The van der Waals surface area contributed by atoms with Crippen molar-refractivity contribution in [3.63, 3.8) is 0 Å². The largest absolute Gasteiger partial charge is 0.384 e. The molecule has 31 heavy (non-hydrogen) atoms. The summed E-state index contributed by atoms with van der Waals surface area (Å²) < 4.78 is 1.71. The summed E-state index contributed by atoms with van der Waals surface area (Å²) >= 11 is 0. The van der Waals surface area contributed by atoms with Crippen LogP contribution in [-0.2, 0) is 16.0 Å². The van der Waals surface area contributed by atoms with Gasteiger partial charge in [-0.15, -0.1) is 0 Å². The van der Waals surface area contributed by atoms with Crippen LogP contribution in [0.1, 0.15) is 35.2 Å². The molecule has 3 N–H and O–H groups in total. The molecule has 9 heteroatoms. The van der Waals surface area contributed by atoms with Crippen molar-refractivity contribution in [3.05, 3.63) is 64.6 Å². The maximum Gasteiger partial charge on any atom is 0.273 e. The number of anilines is 1. The molecule has 4 rings (SSSR count). The fraction of sp³-hybridized carbons (Fsp3) is 0.227. The van der Waals surface area contributed by atoms with Crippen LogP contribution in [0.3, 0.4) is 0 Å². The van der Waals surface area contributed by atoms with E-state index >= 15 is 0 Å². The highest BCUT2D eigenvalue weighted by molar-refractivity contribution is 6.02. The second-order valence-corrected chi connectivity index (χ2v) is 7.27. The van der Waals surface area contributed by atoms with Crippen LogP contribution in [0, 0.1) is 11.3 Å². The Bertz CT molecular complexity index is 1220. The van der Waals surface area contributed by atoms with Gasteiger partial charge in [0.05, 0.1) is 23.5 Å². The van der Waals surface area contributed by atoms with Gasteiger partial charge in [0.1, 0.15) is 11.5 Å². The van der Waals surface area contributed by atoms with Crippen molar-refractivity contribution < 1.29 is 9.59 Å². The molecule has 0 saturated heterocycles. The second kappa shape index (κ2) is 8.67. The highest BCUT2D eigenvalue weighted by atomic mass is 16.2. The number of aromatic nitrogens is 3. The average Bonchev–Trinajstić information content (AvgIpc) is 3.50. The first kappa shape index (κ1) is 20.1. The zero-order valence-electron chi connectivity index (χ0n) is 16.9. The van der Waals surface area contributed by atoms with Gasteiger partial charge in [0, 0.05) is 31.1 Å². The molecule has 0 unspecified atom stereocenters. The third-order valence-corrected chi connectivity index (χ3v) is 4.93. The molecule has 1 aliphatic rings. The van der Waals surface area contributed by atoms with Crippen molar-refractivity contribution in [1.82, 2.24) is 25.2 Å². The smallest absolute Gasteiger partial charge is 0.273 e. The average molecular weight is 415 g/mol. The number of carbonyl (C=O) groups is 2. The summed E-state index contributed by atoms with van der Waals surface area (Å²) in [5, 5.41) is 22.0. The van der Waals surface area contributed by atoms with Crippen LogP contribution < -0.4 is 16.0 Å². The van der Waals surface area contributed by atoms with Crippen LogP contribution in [0.25, 0.3) is 11.7 Å². The van der Waals surface area contributed by atoms with Gasteiger partial charge < -0.3 is 10.6 Å². The molecule has 1 saturated carbocycles. The predicted molar refractivity (Wildman–Crippen MR) is 115 cm³/mol. The minimum absolute atomic E-state index is 0.215. The summed E-state index contributed by atoms with van der Waals surface area (Å²) in [7, 11) is 1.60. The lowest BCUT2D eigenvalue weighted by Crippen LogP contribution is -2.28. The number of imide groups is 1. The Hall–Kier alpha value is -4.19. The number of fused-ring (bicyclic) bond motifs is 1. The second-order valence-electron chi connectivity index (χ2n) is 7.27. The third kappa shape index (κ3) is 4.53. The molecule has 2 heterocycles. The van der Waals surface area contributed by atoms with Crippen LogP contribution in [0.15, 0.2) is 42.2 Å². The third-order valence-electron chi connectivity index (χ3n) is 4.93. The van der Waals surface area contributed by atoms with Gasteiger partial charge in [0.2, 0.25) is 6.41 Å². The van der Waals surface area contributed by atoms with Crippen LogP contribution in [0.2, 0.25) is 0 Å². The van der Waals surface area contributed by atoms with Crippen LogP contribution >= 0.6 is 0 Å². The van der Waals surface area contributed by atoms with Gasteiger partial charge >= 0.3 is 0 Å². The maximum atomic E-state index is 12.1. The number of nitriles is 1. The SMILES string of the molecule is CN/C(=C\c1cnn2c(NC3CC3)cc(Cc3cccc(C#N)c3)nc12)C(=O)NC=O. The number of carbonyl (C=O) groups excluding carboxylic acids is 2. The monoisotopic (exact) mass is 415 g/mol. The number of nitrogens with zero attached hydrogens (tertiary/aromatic N) is 4. The zero-order chi connectivity index (χ0) is 21.8. The first-order valence-electron chi connectivity index (χ1n) is 9.88. The van der Waals surface area contributed by atoms with E-state index in [-0.39, 0.29) is 5.70 Å². The molecule has 0 spiro atoms. The van der Waals surface area contributed by atoms with Crippen molar-refractivity contribution in [2.45, 2.75) is 25.3 Å². The topological polar surface area (TPSA) is 124 Å². The van der Waals surface area contributed by atoms with E-state index in [1.54, 1.807) is 29.9 Å². The lowest BCUT2D eigenvalue weighted by atomic mass is 10.1. The first-order chi connectivity index (χ1) is 15.1. The van der Waals surface area contributed by atoms with E-state index in [0.29, 0.717) is 35.6 Å². The van der Waals surface area contributed by atoms with Gasteiger partial charge in [-0.2, -0.15) is 14.9 Å². The highest BCUT2D eigenvalue weighted by Gasteiger charge is 2.23. The molecule has 1 fully saturated rings. The van der Waals surface area contributed by atoms with E-state index in [0.717, 1.165) is 29.9 Å². The Kier molecular flexibility index (Phi) is 5.62. The lowest BCUT2D eigenvalue weighted by Gasteiger charge is -2.11. The van der Waals surface area contributed by atoms with Crippen LogP contribution in [0.4, 0.5) is 5.82 Å². The summed E-state index contributed by atoms with van der Waals surface area (Å²) in [5.41, 5.74) is 3.83. The van der Waals surface area contributed by atoms with E-state index in [1.165, 1.54) is 0 Å². The van der Waals surface area contributed by atoms with Crippen molar-refractivity contribution in [3.8, 4) is 6.07 Å². The minimum atomic E-state index is -0.544. The van der Waals surface area contributed by atoms with E-state index in [4.69, 9.17) is 10.2 Å². The van der Waals surface area contributed by atoms with Crippen LogP contribution in [-0.4, -0.2) is 40.0 Å². The van der Waals surface area contributed by atoms with Gasteiger partial charge in [-0.3, -0.25) is 14.9 Å². The fourth-order valence-electron chi connectivity index (χ4n) is 3.26. The fourth-order valence-corrected chi connectivity index (χ4v) is 3.26. The number of rotatable bonds is 8. The standard InChI is InChI=1S/C22H21N7O2/c1-24-19(22(31)25-13-30)9-16-12-26-29-20(27-17-5-6-17)10-18(28-21(16)29)8-14-3-2-4-15(7-14)11-23/h2-4,7,9-10,12-13,17,24,27H,5-6,8H2,1H3,(H,25,30,31)/b19-9-. The summed E-state index contributed by atoms with van der Waals surface area (Å²) in [6.45, 7) is 0. The predicted octanol–water partition coefficient (Wildman–Crippen LogP) is 1.60. The number of likely N-dealkylation sites (N-methyl/N-ethyl adjacent to an activating group) is 1. The van der Waals surface area contributed by atoms with Gasteiger partial charge in [-0.05, 0) is 36.6 Å². The van der Waals surface area contributed by atoms with Gasteiger partial charge in [-0.1, -0.05) is 12.1 Å². The van der Waals surface area contributed by atoms with E-state index in [2.05, 4.69) is 27.1 Å². The minimum Gasteiger partial charge on any atom is -0.384 e. The van der Waals surface area contributed by atoms with Crippen molar-refractivity contribution in [2.24, 2.45) is 0 Å². The molecular formula is C22H21N7O2. The Morgan fingerprint density at radius 3 is 2.90 bits per heavy atom.